The number of carbonyl (C=O) groups is 2. The summed E-state index contributed by atoms with van der Waals surface area (Å²) in [6.45, 7) is 7.17. The molecule has 5 aromatic rings. The third-order valence-electron chi connectivity index (χ3n) is 7.25. The Hall–Kier alpha value is -3.98. The van der Waals surface area contributed by atoms with Gasteiger partial charge >= 0.3 is 0 Å². The van der Waals surface area contributed by atoms with Crippen LogP contribution in [0.1, 0.15) is 75.6 Å². The van der Waals surface area contributed by atoms with Crippen LogP contribution in [0.3, 0.4) is 0 Å². The molecule has 0 aliphatic heterocycles. The average Bonchev–Trinajstić information content (AvgIpc) is 3.23. The quantitative estimate of drug-likeness (QED) is 0.154. The third-order valence-corrected chi connectivity index (χ3v) is 7.25. The molecule has 0 amide bonds. The Bertz CT molecular complexity index is 1470. The van der Waals surface area contributed by atoms with Gasteiger partial charge in [0.05, 0.1) is 0 Å². The maximum Gasteiger partial charge on any atom is 0.193 e. The number of unbranched alkanes of at least 4 members (excludes halogenated alkanes) is 3. The predicted molar refractivity (Wildman–Crippen MR) is 153 cm³/mol. The summed E-state index contributed by atoms with van der Waals surface area (Å²) >= 11 is 0. The Balaban J connectivity index is 1.61. The van der Waals surface area contributed by atoms with Crippen LogP contribution >= 0.6 is 0 Å². The summed E-state index contributed by atoms with van der Waals surface area (Å²) in [7, 11) is 0. The summed E-state index contributed by atoms with van der Waals surface area (Å²) in [4.78, 5) is 26.6. The molecule has 3 nitrogen and oxygen atoms in total. The summed E-state index contributed by atoms with van der Waals surface area (Å²) < 4.78 is 2.35. The standard InChI is InChI=1S/C34H33NO2/c1-4-5-6-7-20-35-31-18-16-27(33(36)25-12-8-23(2)9-13-25)21-29(31)30-22-28(17-19-32(30)35)34(37)26-14-10-24(3)11-15-26/h8-19,21-22H,4-7,20H2,1-3H3. The minimum absolute atomic E-state index is 0.0117. The van der Waals surface area contributed by atoms with Crippen LogP contribution in [0.2, 0.25) is 0 Å². The van der Waals surface area contributed by atoms with E-state index in [1.54, 1.807) is 0 Å². The molecule has 0 fully saturated rings. The van der Waals surface area contributed by atoms with E-state index in [4.69, 9.17) is 0 Å². The van der Waals surface area contributed by atoms with Crippen molar-refractivity contribution in [3.05, 3.63) is 118 Å². The first-order valence-electron chi connectivity index (χ1n) is 13.2. The summed E-state index contributed by atoms with van der Waals surface area (Å²) in [5, 5.41) is 2.03. The highest BCUT2D eigenvalue weighted by Gasteiger charge is 2.17. The predicted octanol–water partition coefficient (Wildman–Crippen LogP) is 8.45. The van der Waals surface area contributed by atoms with Crippen molar-refractivity contribution in [3.63, 3.8) is 0 Å². The zero-order valence-electron chi connectivity index (χ0n) is 21.9. The van der Waals surface area contributed by atoms with Crippen molar-refractivity contribution in [2.75, 3.05) is 0 Å². The number of ketones is 2. The third kappa shape index (κ3) is 4.99. The lowest BCUT2D eigenvalue weighted by molar-refractivity contribution is 0.103. The molecule has 0 N–H and O–H groups in total. The van der Waals surface area contributed by atoms with E-state index in [2.05, 4.69) is 23.6 Å². The van der Waals surface area contributed by atoms with Gasteiger partial charge in [-0.3, -0.25) is 9.59 Å². The van der Waals surface area contributed by atoms with Crippen LogP contribution in [-0.4, -0.2) is 16.1 Å². The molecule has 0 saturated carbocycles. The second kappa shape index (κ2) is 10.6. The molecule has 4 aromatic carbocycles. The van der Waals surface area contributed by atoms with Crippen molar-refractivity contribution >= 4 is 33.4 Å². The Morgan fingerprint density at radius 2 is 1.00 bits per heavy atom. The molecule has 0 spiro atoms. The van der Waals surface area contributed by atoms with Crippen molar-refractivity contribution in [2.45, 2.75) is 53.0 Å². The van der Waals surface area contributed by atoms with Crippen LogP contribution < -0.4 is 0 Å². The number of carbonyl (C=O) groups excluding carboxylic acids is 2. The SMILES string of the molecule is CCCCCCn1c2ccc(C(=O)c3ccc(C)cc3)cc2c2cc(C(=O)c3ccc(C)cc3)ccc21. The van der Waals surface area contributed by atoms with Crippen molar-refractivity contribution in [3.8, 4) is 0 Å². The van der Waals surface area contributed by atoms with Gasteiger partial charge < -0.3 is 4.57 Å². The lowest BCUT2D eigenvalue weighted by atomic mass is 9.98. The maximum atomic E-state index is 13.3. The zero-order valence-corrected chi connectivity index (χ0v) is 21.9. The smallest absolute Gasteiger partial charge is 0.193 e. The summed E-state index contributed by atoms with van der Waals surface area (Å²) in [6.07, 6.45) is 4.70. The van der Waals surface area contributed by atoms with Crippen LogP contribution in [0.4, 0.5) is 0 Å². The van der Waals surface area contributed by atoms with Gasteiger partial charge in [-0.1, -0.05) is 85.8 Å². The van der Waals surface area contributed by atoms with Crippen molar-refractivity contribution in [1.82, 2.24) is 4.57 Å². The molecule has 0 aliphatic rings. The zero-order chi connectivity index (χ0) is 25.9. The van der Waals surface area contributed by atoms with E-state index in [0.717, 1.165) is 45.9 Å². The minimum atomic E-state index is 0.0117. The highest BCUT2D eigenvalue weighted by molar-refractivity contribution is 6.17. The number of rotatable bonds is 9. The van der Waals surface area contributed by atoms with Gasteiger partial charge in [0.2, 0.25) is 0 Å². The molecule has 1 aromatic heterocycles. The number of aryl methyl sites for hydroxylation is 3. The summed E-state index contributed by atoms with van der Waals surface area (Å²) in [6, 6.07) is 27.4. The summed E-state index contributed by atoms with van der Waals surface area (Å²) in [5.74, 6) is 0.0234. The largest absolute Gasteiger partial charge is 0.340 e. The molecule has 186 valence electrons. The molecule has 0 aliphatic carbocycles. The molecule has 5 rings (SSSR count). The number of aromatic nitrogens is 1. The number of hydrogen-bond donors (Lipinski definition) is 0. The summed E-state index contributed by atoms with van der Waals surface area (Å²) in [5.41, 5.74) is 7.16. The fraction of sp³-hybridized carbons (Fsp3) is 0.235. The molecular weight excluding hydrogens is 454 g/mol. The van der Waals surface area contributed by atoms with Gasteiger partial charge in [0.15, 0.2) is 11.6 Å². The fourth-order valence-electron chi connectivity index (χ4n) is 5.07. The van der Waals surface area contributed by atoms with E-state index < -0.39 is 0 Å². The van der Waals surface area contributed by atoms with Crippen molar-refractivity contribution < 1.29 is 9.59 Å². The van der Waals surface area contributed by atoms with E-state index >= 15 is 0 Å². The first-order chi connectivity index (χ1) is 18.0. The average molecular weight is 488 g/mol. The molecule has 0 unspecified atom stereocenters. The highest BCUT2D eigenvalue weighted by atomic mass is 16.1. The van der Waals surface area contributed by atoms with E-state index in [0.29, 0.717) is 22.3 Å². The van der Waals surface area contributed by atoms with E-state index in [1.807, 2.05) is 86.6 Å². The molecule has 37 heavy (non-hydrogen) atoms. The number of fused-ring (bicyclic) bond motifs is 3. The van der Waals surface area contributed by atoms with Gasteiger partial charge in [0.25, 0.3) is 0 Å². The second-order valence-electron chi connectivity index (χ2n) is 10.1. The second-order valence-corrected chi connectivity index (χ2v) is 10.1. The van der Waals surface area contributed by atoms with Crippen molar-refractivity contribution in [1.29, 1.82) is 0 Å². The number of nitrogens with zero attached hydrogens (tertiary/aromatic N) is 1. The van der Waals surface area contributed by atoms with E-state index in [9.17, 15) is 9.59 Å². The Morgan fingerprint density at radius 1 is 0.568 bits per heavy atom. The molecule has 3 heteroatoms. The molecule has 0 bridgehead atoms. The maximum absolute atomic E-state index is 13.3. The highest BCUT2D eigenvalue weighted by Crippen LogP contribution is 2.32. The Kier molecular flexibility index (Phi) is 7.05. The van der Waals surface area contributed by atoms with Crippen LogP contribution in [0.15, 0.2) is 84.9 Å². The van der Waals surface area contributed by atoms with Crippen LogP contribution in [-0.2, 0) is 6.54 Å². The van der Waals surface area contributed by atoms with Gasteiger partial charge in [-0.05, 0) is 56.7 Å². The van der Waals surface area contributed by atoms with Crippen LogP contribution in [0, 0.1) is 13.8 Å². The lowest BCUT2D eigenvalue weighted by Gasteiger charge is -2.08. The topological polar surface area (TPSA) is 39.1 Å². The van der Waals surface area contributed by atoms with Crippen molar-refractivity contribution in [2.24, 2.45) is 0 Å². The first-order valence-corrected chi connectivity index (χ1v) is 13.2. The minimum Gasteiger partial charge on any atom is -0.340 e. The van der Waals surface area contributed by atoms with Gasteiger partial charge in [-0.15, -0.1) is 0 Å². The Morgan fingerprint density at radius 3 is 1.43 bits per heavy atom. The van der Waals surface area contributed by atoms with Crippen LogP contribution in [0.25, 0.3) is 21.8 Å². The molecule has 1 heterocycles. The van der Waals surface area contributed by atoms with E-state index in [1.165, 1.54) is 19.3 Å². The monoisotopic (exact) mass is 487 g/mol. The van der Waals surface area contributed by atoms with E-state index in [-0.39, 0.29) is 11.6 Å². The van der Waals surface area contributed by atoms with Gasteiger partial charge in [-0.25, -0.2) is 0 Å². The van der Waals surface area contributed by atoms with Gasteiger partial charge in [0, 0.05) is 50.6 Å². The normalized spacial score (nSPS) is 11.3. The molecular formula is C34H33NO2. The molecule has 0 radical (unpaired) electrons. The lowest BCUT2D eigenvalue weighted by Crippen LogP contribution is -2.02. The van der Waals surface area contributed by atoms with Crippen LogP contribution in [0.5, 0.6) is 0 Å². The number of hydrogen-bond acceptors (Lipinski definition) is 2. The Labute approximate surface area is 218 Å². The fourth-order valence-corrected chi connectivity index (χ4v) is 5.07. The van der Waals surface area contributed by atoms with Gasteiger partial charge in [-0.2, -0.15) is 0 Å². The van der Waals surface area contributed by atoms with Gasteiger partial charge in [0.1, 0.15) is 0 Å². The molecule has 0 saturated heterocycles. The number of benzene rings is 4. The first kappa shape index (κ1) is 24.7. The molecule has 0 atom stereocenters.